The van der Waals surface area contributed by atoms with Gasteiger partial charge in [-0.25, -0.2) is 4.68 Å². The van der Waals surface area contributed by atoms with E-state index in [0.717, 1.165) is 17.0 Å². The Labute approximate surface area is 130 Å². The first kappa shape index (κ1) is 16.2. The van der Waals surface area contributed by atoms with Crippen molar-refractivity contribution in [3.63, 3.8) is 0 Å². The maximum atomic E-state index is 12.0. The Balaban J connectivity index is 2.26. The summed E-state index contributed by atoms with van der Waals surface area (Å²) in [6.07, 6.45) is 0. The number of rotatable bonds is 6. The number of nitrogens with one attached hydrogen (secondary N) is 1. The topological polar surface area (TPSA) is 56.1 Å². The Kier molecular flexibility index (Phi) is 5.33. The molecule has 1 N–H and O–H groups in total. The first-order valence-corrected chi connectivity index (χ1v) is 7.46. The molecule has 1 heterocycles. The molecule has 0 atom stereocenters. The van der Waals surface area contributed by atoms with Gasteiger partial charge in [0.25, 0.3) is 5.56 Å². The van der Waals surface area contributed by atoms with Gasteiger partial charge in [-0.1, -0.05) is 13.8 Å². The van der Waals surface area contributed by atoms with Crippen molar-refractivity contribution in [1.82, 2.24) is 15.1 Å². The van der Waals surface area contributed by atoms with E-state index in [0.29, 0.717) is 24.6 Å². The summed E-state index contributed by atoms with van der Waals surface area (Å²) in [4.78, 5) is 12.0. The van der Waals surface area contributed by atoms with Crippen molar-refractivity contribution in [2.24, 2.45) is 13.0 Å². The highest BCUT2D eigenvalue weighted by molar-refractivity contribution is 5.60. The monoisotopic (exact) mass is 301 g/mol. The summed E-state index contributed by atoms with van der Waals surface area (Å²) in [7, 11) is 3.49. The molecule has 0 unspecified atom stereocenters. The zero-order valence-corrected chi connectivity index (χ0v) is 13.6. The zero-order valence-electron chi connectivity index (χ0n) is 13.6. The average Bonchev–Trinajstić information content (AvgIpc) is 2.50. The van der Waals surface area contributed by atoms with Crippen LogP contribution in [0.15, 0.2) is 35.1 Å². The van der Waals surface area contributed by atoms with Crippen LogP contribution in [0, 0.1) is 5.92 Å². The number of nitrogens with zero attached hydrogens (tertiary/aromatic N) is 2. The Hall–Kier alpha value is -2.14. The first-order valence-electron chi connectivity index (χ1n) is 7.46. The molecule has 1 aromatic heterocycles. The Bertz CT molecular complexity index is 675. The van der Waals surface area contributed by atoms with Crippen molar-refractivity contribution in [1.29, 1.82) is 0 Å². The van der Waals surface area contributed by atoms with Crippen molar-refractivity contribution in [2.75, 3.05) is 13.7 Å². The molecule has 0 spiro atoms. The summed E-state index contributed by atoms with van der Waals surface area (Å²) in [5, 5.41) is 7.33. The summed E-state index contributed by atoms with van der Waals surface area (Å²) in [5.41, 5.74) is 2.37. The number of hydrogen-bond acceptors (Lipinski definition) is 4. The Morgan fingerprint density at radius 3 is 2.55 bits per heavy atom. The third-order valence-corrected chi connectivity index (χ3v) is 3.24. The molecule has 0 saturated carbocycles. The Morgan fingerprint density at radius 1 is 1.27 bits per heavy atom. The zero-order chi connectivity index (χ0) is 16.1. The summed E-state index contributed by atoms with van der Waals surface area (Å²) in [6, 6.07) is 9.63. The van der Waals surface area contributed by atoms with Gasteiger partial charge < -0.3 is 10.1 Å². The van der Waals surface area contributed by atoms with Crippen LogP contribution in [-0.4, -0.2) is 23.4 Å². The van der Waals surface area contributed by atoms with Crippen LogP contribution in [0.25, 0.3) is 11.3 Å². The van der Waals surface area contributed by atoms with Gasteiger partial charge in [0.05, 0.1) is 12.3 Å². The second-order valence-electron chi connectivity index (χ2n) is 5.74. The molecule has 0 amide bonds. The molecule has 0 aliphatic rings. The SMILES string of the molecule is CNCc1cc(-c2ccc(OCC(C)C)cc2)nn(C)c1=O. The molecule has 5 heteroatoms. The van der Waals surface area contributed by atoms with Crippen LogP contribution in [0.2, 0.25) is 0 Å². The van der Waals surface area contributed by atoms with Crippen LogP contribution in [-0.2, 0) is 13.6 Å². The third-order valence-electron chi connectivity index (χ3n) is 3.24. The minimum atomic E-state index is -0.0741. The Morgan fingerprint density at radius 2 is 1.95 bits per heavy atom. The molecule has 0 aliphatic carbocycles. The summed E-state index contributed by atoms with van der Waals surface area (Å²) < 4.78 is 7.06. The molecule has 0 aliphatic heterocycles. The van der Waals surface area contributed by atoms with Gasteiger partial charge in [0.2, 0.25) is 0 Å². The summed E-state index contributed by atoms with van der Waals surface area (Å²) in [6.45, 7) is 5.46. The predicted molar refractivity (Wildman–Crippen MR) is 88.0 cm³/mol. The summed E-state index contributed by atoms with van der Waals surface area (Å²) in [5.74, 6) is 1.34. The maximum absolute atomic E-state index is 12.0. The standard InChI is InChI=1S/C17H23N3O2/c1-12(2)11-22-15-7-5-13(6-8-15)16-9-14(10-18-3)17(21)20(4)19-16/h5-9,12,18H,10-11H2,1-4H3. The molecule has 118 valence electrons. The van der Waals surface area contributed by atoms with Gasteiger partial charge in [0.15, 0.2) is 0 Å². The summed E-state index contributed by atoms with van der Waals surface area (Å²) >= 11 is 0. The fourth-order valence-electron chi connectivity index (χ4n) is 2.11. The van der Waals surface area contributed by atoms with Crippen LogP contribution in [0.3, 0.4) is 0 Å². The molecular formula is C17H23N3O2. The average molecular weight is 301 g/mol. The second kappa shape index (κ2) is 7.22. The second-order valence-corrected chi connectivity index (χ2v) is 5.74. The molecule has 2 aromatic rings. The number of ether oxygens (including phenoxy) is 1. The van der Waals surface area contributed by atoms with E-state index >= 15 is 0 Å². The van der Waals surface area contributed by atoms with Gasteiger partial charge in [-0.05, 0) is 43.3 Å². The van der Waals surface area contributed by atoms with Crippen molar-refractivity contribution >= 4 is 0 Å². The molecule has 0 saturated heterocycles. The minimum Gasteiger partial charge on any atom is -0.493 e. The molecule has 0 bridgehead atoms. The van der Waals surface area contributed by atoms with Crippen molar-refractivity contribution in [3.05, 3.63) is 46.2 Å². The van der Waals surface area contributed by atoms with E-state index in [1.807, 2.05) is 37.4 Å². The van der Waals surface area contributed by atoms with E-state index in [2.05, 4.69) is 24.3 Å². The molecule has 22 heavy (non-hydrogen) atoms. The van der Waals surface area contributed by atoms with Crippen LogP contribution < -0.4 is 15.6 Å². The molecule has 0 radical (unpaired) electrons. The van der Waals surface area contributed by atoms with Gasteiger partial charge >= 0.3 is 0 Å². The van der Waals surface area contributed by atoms with Crippen LogP contribution in [0.1, 0.15) is 19.4 Å². The van der Waals surface area contributed by atoms with E-state index in [-0.39, 0.29) is 5.56 Å². The first-order chi connectivity index (χ1) is 10.5. The molecule has 2 rings (SSSR count). The predicted octanol–water partition coefficient (Wildman–Crippen LogP) is 2.20. The van der Waals surface area contributed by atoms with E-state index in [4.69, 9.17) is 4.74 Å². The van der Waals surface area contributed by atoms with E-state index in [1.54, 1.807) is 7.05 Å². The van der Waals surface area contributed by atoms with Crippen molar-refractivity contribution in [2.45, 2.75) is 20.4 Å². The highest BCUT2D eigenvalue weighted by Crippen LogP contribution is 2.21. The lowest BCUT2D eigenvalue weighted by Crippen LogP contribution is -2.26. The van der Waals surface area contributed by atoms with E-state index in [9.17, 15) is 4.79 Å². The minimum absolute atomic E-state index is 0.0741. The number of aryl methyl sites for hydroxylation is 1. The maximum Gasteiger partial charge on any atom is 0.271 e. The highest BCUT2D eigenvalue weighted by Gasteiger charge is 2.08. The van der Waals surface area contributed by atoms with Gasteiger partial charge in [-0.2, -0.15) is 5.10 Å². The van der Waals surface area contributed by atoms with Gasteiger partial charge in [-0.15, -0.1) is 0 Å². The van der Waals surface area contributed by atoms with Gasteiger partial charge in [0, 0.05) is 24.7 Å². The molecule has 5 nitrogen and oxygen atoms in total. The quantitative estimate of drug-likeness (QED) is 0.888. The smallest absolute Gasteiger partial charge is 0.271 e. The van der Waals surface area contributed by atoms with E-state index in [1.165, 1.54) is 4.68 Å². The normalized spacial score (nSPS) is 11.0. The van der Waals surface area contributed by atoms with Gasteiger partial charge in [0.1, 0.15) is 5.75 Å². The van der Waals surface area contributed by atoms with Crippen molar-refractivity contribution < 1.29 is 4.74 Å². The van der Waals surface area contributed by atoms with E-state index < -0.39 is 0 Å². The van der Waals surface area contributed by atoms with Crippen molar-refractivity contribution in [3.8, 4) is 17.0 Å². The lowest BCUT2D eigenvalue weighted by atomic mass is 10.1. The highest BCUT2D eigenvalue weighted by atomic mass is 16.5. The fourth-order valence-corrected chi connectivity index (χ4v) is 2.11. The van der Waals surface area contributed by atoms with Crippen LogP contribution in [0.4, 0.5) is 0 Å². The van der Waals surface area contributed by atoms with Crippen LogP contribution >= 0.6 is 0 Å². The number of hydrogen-bond donors (Lipinski definition) is 1. The molecule has 1 aromatic carbocycles. The lowest BCUT2D eigenvalue weighted by molar-refractivity contribution is 0.271. The fraction of sp³-hybridized carbons (Fsp3) is 0.412. The number of aromatic nitrogens is 2. The molecular weight excluding hydrogens is 278 g/mol. The largest absolute Gasteiger partial charge is 0.493 e. The number of benzene rings is 1. The van der Waals surface area contributed by atoms with Crippen LogP contribution in [0.5, 0.6) is 5.75 Å². The van der Waals surface area contributed by atoms with Gasteiger partial charge in [-0.3, -0.25) is 4.79 Å². The third kappa shape index (κ3) is 3.95. The molecule has 0 fully saturated rings. The lowest BCUT2D eigenvalue weighted by Gasteiger charge is -2.10.